The summed E-state index contributed by atoms with van der Waals surface area (Å²) in [6, 6.07) is -0.547. The summed E-state index contributed by atoms with van der Waals surface area (Å²) in [6.45, 7) is 9.37. The van der Waals surface area contributed by atoms with Crippen LogP contribution in [-0.4, -0.2) is 35.6 Å². The Morgan fingerprint density at radius 3 is 2.11 bits per heavy atom. The lowest BCUT2D eigenvalue weighted by Gasteiger charge is -2.22. The van der Waals surface area contributed by atoms with Crippen molar-refractivity contribution in [2.24, 2.45) is 11.8 Å². The van der Waals surface area contributed by atoms with Gasteiger partial charge < -0.3 is 15.7 Å². The topological polar surface area (TPSA) is 78.4 Å². The number of aliphatic hydroxyl groups is 1. The minimum Gasteiger partial charge on any atom is -0.391 e. The van der Waals surface area contributed by atoms with Gasteiger partial charge in [-0.05, 0) is 18.3 Å². The maximum Gasteiger partial charge on any atom is 0.242 e. The van der Waals surface area contributed by atoms with Gasteiger partial charge in [-0.2, -0.15) is 0 Å². The minimum absolute atomic E-state index is 0.0103. The molecule has 0 aromatic heterocycles. The van der Waals surface area contributed by atoms with Crippen LogP contribution in [0.4, 0.5) is 0 Å². The third-order valence-corrected chi connectivity index (χ3v) is 2.56. The van der Waals surface area contributed by atoms with Gasteiger partial charge in [0, 0.05) is 13.5 Å². The molecule has 2 amide bonds. The van der Waals surface area contributed by atoms with Crippen LogP contribution >= 0.6 is 0 Å². The molecule has 106 valence electrons. The first kappa shape index (κ1) is 16.9. The van der Waals surface area contributed by atoms with Gasteiger partial charge in [0.2, 0.25) is 11.8 Å². The average Bonchev–Trinajstić information content (AvgIpc) is 2.21. The van der Waals surface area contributed by atoms with Crippen molar-refractivity contribution < 1.29 is 14.7 Å². The Kier molecular flexibility index (Phi) is 7.59. The summed E-state index contributed by atoms with van der Waals surface area (Å²) in [6.07, 6.45) is 0.103. The highest BCUT2D eigenvalue weighted by Gasteiger charge is 2.23. The van der Waals surface area contributed by atoms with Crippen LogP contribution in [0.1, 0.15) is 41.0 Å². The molecule has 0 saturated heterocycles. The average molecular weight is 258 g/mol. The summed E-state index contributed by atoms with van der Waals surface area (Å²) >= 11 is 0. The Labute approximate surface area is 109 Å². The maximum atomic E-state index is 11.9. The molecule has 5 nitrogen and oxygen atoms in total. The number of hydrogen-bond acceptors (Lipinski definition) is 3. The Morgan fingerprint density at radius 2 is 1.72 bits per heavy atom. The number of aliphatic hydroxyl groups excluding tert-OH is 1. The fourth-order valence-electron chi connectivity index (χ4n) is 1.71. The van der Waals surface area contributed by atoms with Crippen LogP contribution in [0.15, 0.2) is 0 Å². The summed E-state index contributed by atoms with van der Waals surface area (Å²) < 4.78 is 0. The molecule has 2 atom stereocenters. The molecular weight excluding hydrogens is 232 g/mol. The summed E-state index contributed by atoms with van der Waals surface area (Å²) in [5, 5.41) is 15.0. The zero-order valence-electron chi connectivity index (χ0n) is 12.0. The predicted molar refractivity (Wildman–Crippen MR) is 70.9 cm³/mol. The van der Waals surface area contributed by atoms with Crippen LogP contribution in [0.25, 0.3) is 0 Å². The van der Waals surface area contributed by atoms with Gasteiger partial charge in [0.25, 0.3) is 0 Å². The van der Waals surface area contributed by atoms with Gasteiger partial charge in [-0.25, -0.2) is 0 Å². The predicted octanol–water partition coefficient (Wildman–Crippen LogP) is 0.670. The first-order chi connectivity index (χ1) is 8.23. The van der Waals surface area contributed by atoms with Crippen molar-refractivity contribution in [1.29, 1.82) is 0 Å². The molecule has 0 radical (unpaired) electrons. The van der Waals surface area contributed by atoms with Crippen LogP contribution in [-0.2, 0) is 9.59 Å². The molecule has 2 unspecified atom stereocenters. The Balaban J connectivity index is 4.22. The third-order valence-electron chi connectivity index (χ3n) is 2.56. The van der Waals surface area contributed by atoms with Gasteiger partial charge in [-0.1, -0.05) is 27.7 Å². The first-order valence-electron chi connectivity index (χ1n) is 6.46. The summed E-state index contributed by atoms with van der Waals surface area (Å²) in [7, 11) is 0. The highest BCUT2D eigenvalue weighted by Crippen LogP contribution is 2.05. The number of nitrogens with one attached hydrogen (secondary N) is 2. The van der Waals surface area contributed by atoms with E-state index in [2.05, 4.69) is 10.6 Å². The van der Waals surface area contributed by atoms with Crippen LogP contribution in [0.5, 0.6) is 0 Å². The van der Waals surface area contributed by atoms with E-state index in [1.54, 1.807) is 0 Å². The Bertz CT molecular complexity index is 277. The van der Waals surface area contributed by atoms with Crippen molar-refractivity contribution in [2.45, 2.75) is 53.2 Å². The van der Waals surface area contributed by atoms with E-state index >= 15 is 0 Å². The van der Waals surface area contributed by atoms with Crippen LogP contribution in [0.2, 0.25) is 0 Å². The normalized spacial score (nSPS) is 14.4. The van der Waals surface area contributed by atoms with E-state index in [1.165, 1.54) is 6.92 Å². The molecule has 0 aliphatic heterocycles. The maximum absolute atomic E-state index is 11.9. The van der Waals surface area contributed by atoms with Crippen LogP contribution in [0, 0.1) is 11.8 Å². The van der Waals surface area contributed by atoms with E-state index in [1.807, 2.05) is 27.7 Å². The molecule has 0 heterocycles. The van der Waals surface area contributed by atoms with Gasteiger partial charge in [-0.15, -0.1) is 0 Å². The quantitative estimate of drug-likeness (QED) is 0.628. The van der Waals surface area contributed by atoms with Crippen LogP contribution in [0.3, 0.4) is 0 Å². The third kappa shape index (κ3) is 7.27. The van der Waals surface area contributed by atoms with Gasteiger partial charge in [0.1, 0.15) is 6.04 Å². The zero-order valence-corrected chi connectivity index (χ0v) is 12.0. The molecule has 0 aliphatic carbocycles. The second-order valence-electron chi connectivity index (χ2n) is 5.45. The molecule has 0 aliphatic rings. The Morgan fingerprint density at radius 1 is 1.17 bits per heavy atom. The molecule has 0 saturated carbocycles. The monoisotopic (exact) mass is 258 g/mol. The molecule has 0 spiro atoms. The Hall–Kier alpha value is -1.10. The smallest absolute Gasteiger partial charge is 0.242 e. The SMILES string of the molecule is CC(=O)NC(C(=O)NCC(O)CC(C)C)C(C)C. The van der Waals surface area contributed by atoms with Gasteiger partial charge in [0.05, 0.1) is 6.10 Å². The van der Waals surface area contributed by atoms with Crippen molar-refractivity contribution in [3.63, 3.8) is 0 Å². The van der Waals surface area contributed by atoms with E-state index in [4.69, 9.17) is 0 Å². The summed E-state index contributed by atoms with van der Waals surface area (Å²) in [4.78, 5) is 22.9. The number of carbonyl (C=O) groups is 2. The largest absolute Gasteiger partial charge is 0.391 e. The molecule has 0 rings (SSSR count). The molecule has 5 heteroatoms. The van der Waals surface area contributed by atoms with Crippen molar-refractivity contribution in [1.82, 2.24) is 10.6 Å². The van der Waals surface area contributed by atoms with Gasteiger partial charge in [-0.3, -0.25) is 9.59 Å². The van der Waals surface area contributed by atoms with E-state index in [0.717, 1.165) is 0 Å². The second-order valence-corrected chi connectivity index (χ2v) is 5.45. The summed E-state index contributed by atoms with van der Waals surface area (Å²) in [5.41, 5.74) is 0. The number of hydrogen-bond donors (Lipinski definition) is 3. The molecule has 3 N–H and O–H groups in total. The minimum atomic E-state index is -0.547. The van der Waals surface area contributed by atoms with E-state index in [-0.39, 0.29) is 24.3 Å². The number of amides is 2. The lowest BCUT2D eigenvalue weighted by atomic mass is 10.0. The van der Waals surface area contributed by atoms with Crippen LogP contribution < -0.4 is 10.6 Å². The molecule has 0 aromatic carbocycles. The molecule has 0 fully saturated rings. The fraction of sp³-hybridized carbons (Fsp3) is 0.846. The molecule has 0 aromatic rings. The highest BCUT2D eigenvalue weighted by molar-refractivity contribution is 5.87. The van der Waals surface area contributed by atoms with E-state index in [0.29, 0.717) is 12.3 Å². The van der Waals surface area contributed by atoms with Gasteiger partial charge >= 0.3 is 0 Å². The standard InChI is InChI=1S/C13H26N2O3/c1-8(2)6-11(17)7-14-13(18)12(9(3)4)15-10(5)16/h8-9,11-12,17H,6-7H2,1-5H3,(H,14,18)(H,15,16). The van der Waals surface area contributed by atoms with Crippen molar-refractivity contribution in [3.05, 3.63) is 0 Å². The van der Waals surface area contributed by atoms with Gasteiger partial charge in [0.15, 0.2) is 0 Å². The lowest BCUT2D eigenvalue weighted by molar-refractivity contribution is -0.129. The van der Waals surface area contributed by atoms with Crippen molar-refractivity contribution in [2.75, 3.05) is 6.54 Å². The number of carbonyl (C=O) groups excluding carboxylic acids is 2. The van der Waals surface area contributed by atoms with E-state index in [9.17, 15) is 14.7 Å². The first-order valence-corrected chi connectivity index (χ1v) is 6.46. The second kappa shape index (κ2) is 8.08. The number of rotatable bonds is 7. The van der Waals surface area contributed by atoms with Crippen molar-refractivity contribution >= 4 is 11.8 Å². The van der Waals surface area contributed by atoms with Crippen molar-refractivity contribution in [3.8, 4) is 0 Å². The molecular formula is C13H26N2O3. The fourth-order valence-corrected chi connectivity index (χ4v) is 1.71. The highest BCUT2D eigenvalue weighted by atomic mass is 16.3. The lowest BCUT2D eigenvalue weighted by Crippen LogP contribution is -2.50. The molecule has 18 heavy (non-hydrogen) atoms. The summed E-state index contributed by atoms with van der Waals surface area (Å²) in [5.74, 6) is -0.0844. The zero-order chi connectivity index (χ0) is 14.3. The molecule has 0 bridgehead atoms. The van der Waals surface area contributed by atoms with E-state index < -0.39 is 12.1 Å².